The first-order chi connectivity index (χ1) is 11.1. The van der Waals surface area contributed by atoms with Gasteiger partial charge in [-0.2, -0.15) is 0 Å². The average molecular weight is 314 g/mol. The molecule has 1 aromatic carbocycles. The molecule has 0 radical (unpaired) electrons. The highest BCUT2D eigenvalue weighted by atomic mass is 16.6. The van der Waals surface area contributed by atoms with Crippen LogP contribution >= 0.6 is 0 Å². The molecule has 0 saturated carbocycles. The summed E-state index contributed by atoms with van der Waals surface area (Å²) in [7, 11) is 1.70. The van der Waals surface area contributed by atoms with Crippen molar-refractivity contribution >= 4 is 0 Å². The van der Waals surface area contributed by atoms with Crippen LogP contribution in [0.15, 0.2) is 47.7 Å². The molecule has 3 rings (SSSR count). The minimum Gasteiger partial charge on any atom is -0.497 e. The van der Waals surface area contributed by atoms with Crippen molar-refractivity contribution in [3.8, 4) is 5.75 Å². The molecule has 1 fully saturated rings. The van der Waals surface area contributed by atoms with Gasteiger partial charge in [0, 0.05) is 11.8 Å². The Bertz CT molecular complexity index is 592. The topological polar surface area (TPSA) is 31.0 Å². The Morgan fingerprint density at radius 3 is 2.52 bits per heavy atom. The maximum absolute atomic E-state index is 5.87. The highest BCUT2D eigenvalue weighted by molar-refractivity contribution is 5.38. The van der Waals surface area contributed by atoms with Gasteiger partial charge < -0.3 is 14.2 Å². The van der Waals surface area contributed by atoms with E-state index in [0.717, 1.165) is 37.4 Å². The van der Waals surface area contributed by atoms with Gasteiger partial charge in [0.25, 0.3) is 0 Å². The summed E-state index contributed by atoms with van der Waals surface area (Å²) in [6.45, 7) is 6.14. The Morgan fingerprint density at radius 1 is 1.13 bits per heavy atom. The molecule has 1 aliphatic carbocycles. The van der Waals surface area contributed by atoms with Gasteiger partial charge in [0.05, 0.1) is 19.5 Å². The van der Waals surface area contributed by atoms with Gasteiger partial charge in [-0.1, -0.05) is 37.6 Å². The Hall–Kier alpha value is -1.74. The summed E-state index contributed by atoms with van der Waals surface area (Å²) in [5, 5.41) is 0. The van der Waals surface area contributed by atoms with Gasteiger partial charge in [0.2, 0.25) is 0 Å². The molecule has 0 N–H and O–H groups in total. The number of hydrogen-bond acceptors (Lipinski definition) is 3. The predicted molar refractivity (Wildman–Crippen MR) is 91.7 cm³/mol. The third kappa shape index (κ3) is 3.97. The maximum atomic E-state index is 5.87. The fourth-order valence-electron chi connectivity index (χ4n) is 3.05. The van der Waals surface area contributed by atoms with Crippen molar-refractivity contribution in [2.45, 2.75) is 44.6 Å². The van der Waals surface area contributed by atoms with Gasteiger partial charge in [-0.05, 0) is 36.6 Å². The number of rotatable bonds is 6. The molecule has 3 nitrogen and oxygen atoms in total. The second kappa shape index (κ2) is 6.79. The van der Waals surface area contributed by atoms with Gasteiger partial charge in [-0.15, -0.1) is 0 Å². The number of hydrogen-bond donors (Lipinski definition) is 0. The molecule has 0 amide bonds. The molecule has 124 valence electrons. The SMILES string of the molecule is COc1ccc(C(C)(C)C2=CCC=C(OCC3CO3)CC2)cc1. The maximum Gasteiger partial charge on any atom is 0.118 e. The van der Waals surface area contributed by atoms with Crippen molar-refractivity contribution in [2.24, 2.45) is 0 Å². The van der Waals surface area contributed by atoms with Gasteiger partial charge >= 0.3 is 0 Å². The first kappa shape index (κ1) is 16.1. The van der Waals surface area contributed by atoms with E-state index in [1.54, 1.807) is 7.11 Å². The van der Waals surface area contributed by atoms with Crippen LogP contribution in [-0.2, 0) is 14.9 Å². The second-order valence-electron chi connectivity index (χ2n) is 6.76. The summed E-state index contributed by atoms with van der Waals surface area (Å²) in [5.74, 6) is 2.01. The van der Waals surface area contributed by atoms with Crippen LogP contribution in [0.3, 0.4) is 0 Å². The minimum atomic E-state index is 0.0230. The molecule has 1 unspecified atom stereocenters. The summed E-state index contributed by atoms with van der Waals surface area (Å²) < 4.78 is 16.3. The average Bonchev–Trinajstić information content (AvgIpc) is 3.39. The third-order valence-electron chi connectivity index (χ3n) is 4.82. The monoisotopic (exact) mass is 314 g/mol. The van der Waals surface area contributed by atoms with Crippen LogP contribution in [0.1, 0.15) is 38.7 Å². The summed E-state index contributed by atoms with van der Waals surface area (Å²) >= 11 is 0. The Kier molecular flexibility index (Phi) is 4.76. The lowest BCUT2D eigenvalue weighted by Crippen LogP contribution is -2.20. The van der Waals surface area contributed by atoms with E-state index in [-0.39, 0.29) is 5.41 Å². The number of benzene rings is 1. The molecule has 0 spiro atoms. The highest BCUT2D eigenvalue weighted by Gasteiger charge is 2.27. The molecule has 1 heterocycles. The Balaban J connectivity index is 1.64. The Labute approximate surface area is 138 Å². The lowest BCUT2D eigenvalue weighted by molar-refractivity contribution is 0.174. The number of methoxy groups -OCH3 is 1. The number of allylic oxidation sites excluding steroid dienone is 4. The van der Waals surface area contributed by atoms with Crippen LogP contribution in [-0.4, -0.2) is 26.4 Å². The largest absolute Gasteiger partial charge is 0.497 e. The molecule has 0 bridgehead atoms. The van der Waals surface area contributed by atoms with Crippen molar-refractivity contribution in [2.75, 3.05) is 20.3 Å². The van der Waals surface area contributed by atoms with Gasteiger partial charge in [0.1, 0.15) is 18.5 Å². The first-order valence-corrected chi connectivity index (χ1v) is 8.37. The highest BCUT2D eigenvalue weighted by Crippen LogP contribution is 2.37. The fourth-order valence-corrected chi connectivity index (χ4v) is 3.05. The van der Waals surface area contributed by atoms with Crippen LogP contribution < -0.4 is 4.74 Å². The van der Waals surface area contributed by atoms with E-state index in [2.05, 4.69) is 38.1 Å². The van der Waals surface area contributed by atoms with E-state index in [9.17, 15) is 0 Å². The summed E-state index contributed by atoms with van der Waals surface area (Å²) in [5.41, 5.74) is 2.82. The third-order valence-corrected chi connectivity index (χ3v) is 4.82. The summed E-state index contributed by atoms with van der Waals surface area (Å²) in [4.78, 5) is 0. The zero-order valence-electron chi connectivity index (χ0n) is 14.3. The van der Waals surface area contributed by atoms with E-state index in [1.165, 1.54) is 11.1 Å². The van der Waals surface area contributed by atoms with E-state index in [1.807, 2.05) is 12.1 Å². The number of ether oxygens (including phenoxy) is 3. The molecule has 1 aliphatic heterocycles. The molecule has 3 heteroatoms. The summed E-state index contributed by atoms with van der Waals surface area (Å²) in [6.07, 6.45) is 7.83. The van der Waals surface area contributed by atoms with Crippen LogP contribution in [0, 0.1) is 0 Å². The van der Waals surface area contributed by atoms with Crippen LogP contribution in [0.25, 0.3) is 0 Å². The van der Waals surface area contributed by atoms with Gasteiger partial charge in [0.15, 0.2) is 0 Å². The summed E-state index contributed by atoms with van der Waals surface area (Å²) in [6, 6.07) is 8.41. The first-order valence-electron chi connectivity index (χ1n) is 8.37. The lowest BCUT2D eigenvalue weighted by Gasteiger charge is -2.29. The quantitative estimate of drug-likeness (QED) is 0.576. The minimum absolute atomic E-state index is 0.0230. The van der Waals surface area contributed by atoms with Crippen molar-refractivity contribution in [1.82, 2.24) is 0 Å². The van der Waals surface area contributed by atoms with Crippen molar-refractivity contribution < 1.29 is 14.2 Å². The van der Waals surface area contributed by atoms with Crippen LogP contribution in [0.4, 0.5) is 0 Å². The smallest absolute Gasteiger partial charge is 0.118 e. The fraction of sp³-hybridized carbons (Fsp3) is 0.500. The van der Waals surface area contributed by atoms with Crippen molar-refractivity contribution in [3.63, 3.8) is 0 Å². The van der Waals surface area contributed by atoms with E-state index >= 15 is 0 Å². The molecular formula is C20H26O3. The molecule has 1 atom stereocenters. The predicted octanol–water partition coefficient (Wildman–Crippen LogP) is 4.38. The van der Waals surface area contributed by atoms with Crippen molar-refractivity contribution in [1.29, 1.82) is 0 Å². The zero-order valence-corrected chi connectivity index (χ0v) is 14.3. The molecule has 1 saturated heterocycles. The normalized spacial score (nSPS) is 21.1. The molecular weight excluding hydrogens is 288 g/mol. The van der Waals surface area contributed by atoms with E-state index in [0.29, 0.717) is 12.7 Å². The van der Waals surface area contributed by atoms with Crippen LogP contribution in [0.2, 0.25) is 0 Å². The molecule has 23 heavy (non-hydrogen) atoms. The standard InChI is InChI=1S/C20H26O3/c1-20(2,16-7-10-17(21-3)11-8-16)15-5-4-6-18(12-9-15)22-13-19-14-23-19/h5-8,10-11,19H,4,9,12-14H2,1-3H3. The molecule has 0 aromatic heterocycles. The van der Waals surface area contributed by atoms with Crippen LogP contribution in [0.5, 0.6) is 5.75 Å². The lowest BCUT2D eigenvalue weighted by atomic mass is 9.76. The second-order valence-corrected chi connectivity index (χ2v) is 6.76. The molecule has 2 aliphatic rings. The molecule has 1 aromatic rings. The van der Waals surface area contributed by atoms with Gasteiger partial charge in [-0.25, -0.2) is 0 Å². The van der Waals surface area contributed by atoms with E-state index < -0.39 is 0 Å². The van der Waals surface area contributed by atoms with Crippen molar-refractivity contribution in [3.05, 3.63) is 53.3 Å². The van der Waals surface area contributed by atoms with E-state index in [4.69, 9.17) is 14.2 Å². The Morgan fingerprint density at radius 2 is 1.87 bits per heavy atom. The van der Waals surface area contributed by atoms with Gasteiger partial charge in [-0.3, -0.25) is 0 Å². The zero-order chi connectivity index (χ0) is 16.3. The number of epoxide rings is 1.